The van der Waals surface area contributed by atoms with Crippen LogP contribution in [-0.2, 0) is 7.05 Å². The molecule has 0 atom stereocenters. The van der Waals surface area contributed by atoms with Gasteiger partial charge in [0.2, 0.25) is 0 Å². The zero-order chi connectivity index (χ0) is 12.0. The van der Waals surface area contributed by atoms with Crippen molar-refractivity contribution in [2.75, 3.05) is 5.73 Å². The maximum absolute atomic E-state index is 6.11. The van der Waals surface area contributed by atoms with Gasteiger partial charge >= 0.3 is 0 Å². The average molecular weight is 248 g/mol. The monoisotopic (exact) mass is 247 g/mol. The highest BCUT2D eigenvalue weighted by Crippen LogP contribution is 2.45. The van der Waals surface area contributed by atoms with Gasteiger partial charge in [0.1, 0.15) is 5.82 Å². The first kappa shape index (κ1) is 10.7. The molecule has 4 heteroatoms. The number of nitrogens with zero attached hydrogens (tertiary/aromatic N) is 2. The van der Waals surface area contributed by atoms with Gasteiger partial charge in [-0.05, 0) is 30.5 Å². The van der Waals surface area contributed by atoms with E-state index >= 15 is 0 Å². The average Bonchev–Trinajstić information content (AvgIpc) is 3.08. The Kier molecular flexibility index (Phi) is 2.37. The van der Waals surface area contributed by atoms with Crippen LogP contribution in [0.5, 0.6) is 0 Å². The van der Waals surface area contributed by atoms with Gasteiger partial charge < -0.3 is 5.73 Å². The number of aromatic nitrogens is 2. The molecule has 0 aliphatic heterocycles. The van der Waals surface area contributed by atoms with E-state index in [1.807, 2.05) is 31.3 Å². The first-order valence-electron chi connectivity index (χ1n) is 5.75. The number of halogens is 1. The second-order valence-electron chi connectivity index (χ2n) is 4.55. The molecule has 0 spiro atoms. The molecule has 1 fully saturated rings. The molecule has 0 saturated heterocycles. The summed E-state index contributed by atoms with van der Waals surface area (Å²) >= 11 is 6.03. The van der Waals surface area contributed by atoms with Crippen molar-refractivity contribution in [2.45, 2.75) is 18.8 Å². The number of hydrogen-bond donors (Lipinski definition) is 1. The van der Waals surface area contributed by atoms with Crippen LogP contribution in [0.1, 0.15) is 24.5 Å². The lowest BCUT2D eigenvalue weighted by molar-refractivity contribution is 0.753. The molecule has 0 radical (unpaired) electrons. The molecule has 1 aromatic heterocycles. The highest BCUT2D eigenvalue weighted by atomic mass is 35.5. The molecule has 0 bridgehead atoms. The summed E-state index contributed by atoms with van der Waals surface area (Å²) in [6, 6.07) is 7.79. The number of rotatable bonds is 2. The van der Waals surface area contributed by atoms with E-state index in [0.29, 0.717) is 11.7 Å². The molecule has 1 aromatic carbocycles. The number of nitrogen functional groups attached to an aromatic ring is 1. The molecule has 2 N–H and O–H groups in total. The second-order valence-corrected chi connectivity index (χ2v) is 4.99. The Morgan fingerprint density at radius 3 is 2.82 bits per heavy atom. The fourth-order valence-electron chi connectivity index (χ4n) is 2.14. The van der Waals surface area contributed by atoms with Crippen molar-refractivity contribution in [1.29, 1.82) is 0 Å². The molecule has 1 aliphatic carbocycles. The van der Waals surface area contributed by atoms with Crippen molar-refractivity contribution in [2.24, 2.45) is 7.05 Å². The number of anilines is 1. The quantitative estimate of drug-likeness (QED) is 0.886. The fraction of sp³-hybridized carbons (Fsp3) is 0.308. The molecule has 1 saturated carbocycles. The minimum absolute atomic E-state index is 0.576. The van der Waals surface area contributed by atoms with Crippen LogP contribution in [0, 0.1) is 0 Å². The van der Waals surface area contributed by atoms with Gasteiger partial charge in [-0.15, -0.1) is 0 Å². The van der Waals surface area contributed by atoms with Crippen LogP contribution in [-0.4, -0.2) is 9.78 Å². The van der Waals surface area contributed by atoms with Crippen molar-refractivity contribution in [3.63, 3.8) is 0 Å². The molecular formula is C13H14ClN3. The smallest absolute Gasteiger partial charge is 0.129 e. The maximum Gasteiger partial charge on any atom is 0.129 e. The molecule has 1 heterocycles. The minimum atomic E-state index is 0.576. The lowest BCUT2D eigenvalue weighted by atomic mass is 10.0. The number of hydrogen-bond acceptors (Lipinski definition) is 2. The normalized spacial score (nSPS) is 15.2. The maximum atomic E-state index is 6.11. The Balaban J connectivity index is 2.18. The Bertz CT molecular complexity index is 570. The van der Waals surface area contributed by atoms with E-state index in [-0.39, 0.29) is 0 Å². The van der Waals surface area contributed by atoms with Crippen LogP contribution in [0.2, 0.25) is 5.02 Å². The second kappa shape index (κ2) is 3.77. The van der Waals surface area contributed by atoms with Crippen LogP contribution in [0.3, 0.4) is 0 Å². The summed E-state index contributed by atoms with van der Waals surface area (Å²) in [5, 5.41) is 5.26. The van der Waals surface area contributed by atoms with Gasteiger partial charge in [-0.25, -0.2) is 0 Å². The zero-order valence-electron chi connectivity index (χ0n) is 9.65. The van der Waals surface area contributed by atoms with Crippen molar-refractivity contribution >= 4 is 17.4 Å². The van der Waals surface area contributed by atoms with Crippen LogP contribution >= 0.6 is 11.6 Å². The predicted molar refractivity (Wildman–Crippen MR) is 70.0 cm³/mol. The van der Waals surface area contributed by atoms with E-state index in [1.165, 1.54) is 12.8 Å². The molecular weight excluding hydrogens is 234 g/mol. The summed E-state index contributed by atoms with van der Waals surface area (Å²) < 4.78 is 1.75. The highest BCUT2D eigenvalue weighted by molar-refractivity contribution is 6.30. The molecule has 3 rings (SSSR count). The molecule has 3 nitrogen and oxygen atoms in total. The summed E-state index contributed by atoms with van der Waals surface area (Å²) in [6.45, 7) is 0. The first-order chi connectivity index (χ1) is 8.16. The number of benzene rings is 1. The van der Waals surface area contributed by atoms with Gasteiger partial charge in [0, 0.05) is 23.6 Å². The van der Waals surface area contributed by atoms with Crippen molar-refractivity contribution in [1.82, 2.24) is 9.78 Å². The summed E-state index contributed by atoms with van der Waals surface area (Å²) in [5.74, 6) is 1.29. The van der Waals surface area contributed by atoms with Gasteiger partial charge in [-0.1, -0.05) is 23.7 Å². The molecule has 2 aromatic rings. The molecule has 88 valence electrons. The summed E-state index contributed by atoms with van der Waals surface area (Å²) in [6.07, 6.45) is 2.42. The third-order valence-electron chi connectivity index (χ3n) is 3.20. The topological polar surface area (TPSA) is 43.8 Å². The summed E-state index contributed by atoms with van der Waals surface area (Å²) in [4.78, 5) is 0. The van der Waals surface area contributed by atoms with E-state index in [2.05, 4.69) is 5.10 Å². The summed E-state index contributed by atoms with van der Waals surface area (Å²) in [5.41, 5.74) is 9.34. The molecule has 0 unspecified atom stereocenters. The van der Waals surface area contributed by atoms with E-state index in [1.54, 1.807) is 4.68 Å². The van der Waals surface area contributed by atoms with Crippen molar-refractivity contribution in [3.05, 3.63) is 35.0 Å². The lowest BCUT2D eigenvalue weighted by Crippen LogP contribution is -1.97. The van der Waals surface area contributed by atoms with Crippen molar-refractivity contribution in [3.8, 4) is 11.1 Å². The van der Waals surface area contributed by atoms with Crippen LogP contribution < -0.4 is 5.73 Å². The van der Waals surface area contributed by atoms with Gasteiger partial charge in [-0.3, -0.25) is 4.68 Å². The van der Waals surface area contributed by atoms with Gasteiger partial charge in [0.05, 0.1) is 5.69 Å². The largest absolute Gasteiger partial charge is 0.383 e. The van der Waals surface area contributed by atoms with Crippen LogP contribution in [0.25, 0.3) is 11.1 Å². The van der Waals surface area contributed by atoms with Crippen LogP contribution in [0.15, 0.2) is 24.3 Å². The zero-order valence-corrected chi connectivity index (χ0v) is 10.4. The van der Waals surface area contributed by atoms with Gasteiger partial charge in [0.15, 0.2) is 0 Å². The number of aryl methyl sites for hydroxylation is 1. The Morgan fingerprint density at radius 1 is 1.41 bits per heavy atom. The Morgan fingerprint density at radius 2 is 2.18 bits per heavy atom. The van der Waals surface area contributed by atoms with Gasteiger partial charge in [0.25, 0.3) is 0 Å². The molecule has 1 aliphatic rings. The third-order valence-corrected chi connectivity index (χ3v) is 3.43. The lowest BCUT2D eigenvalue weighted by Gasteiger charge is -2.03. The standard InChI is InChI=1S/C13H14ClN3/c1-17-13(15)11(12(16-17)8-5-6-8)9-3-2-4-10(14)7-9/h2-4,7-8H,5-6,15H2,1H3. The third kappa shape index (κ3) is 1.80. The minimum Gasteiger partial charge on any atom is -0.383 e. The molecule has 17 heavy (non-hydrogen) atoms. The fourth-order valence-corrected chi connectivity index (χ4v) is 2.33. The van der Waals surface area contributed by atoms with Crippen LogP contribution in [0.4, 0.5) is 5.82 Å². The van der Waals surface area contributed by atoms with Crippen molar-refractivity contribution < 1.29 is 0 Å². The Hall–Kier alpha value is -1.48. The van der Waals surface area contributed by atoms with E-state index in [4.69, 9.17) is 17.3 Å². The van der Waals surface area contributed by atoms with E-state index in [0.717, 1.165) is 21.8 Å². The highest BCUT2D eigenvalue weighted by Gasteiger charge is 2.31. The molecule has 0 amide bonds. The van der Waals surface area contributed by atoms with E-state index < -0.39 is 0 Å². The SMILES string of the molecule is Cn1nc(C2CC2)c(-c2cccc(Cl)c2)c1N. The van der Waals surface area contributed by atoms with Gasteiger partial charge in [-0.2, -0.15) is 5.10 Å². The predicted octanol–water partition coefficient (Wildman–Crippen LogP) is 3.20. The Labute approximate surface area is 105 Å². The number of nitrogens with two attached hydrogens (primary N) is 1. The summed E-state index contributed by atoms with van der Waals surface area (Å²) in [7, 11) is 1.88. The van der Waals surface area contributed by atoms with E-state index in [9.17, 15) is 0 Å². The first-order valence-corrected chi connectivity index (χ1v) is 6.13.